The summed E-state index contributed by atoms with van der Waals surface area (Å²) in [6.45, 7) is 3.78. The average molecular weight is 208 g/mol. The number of aromatic hydroxyl groups is 1. The lowest BCUT2D eigenvalue weighted by Crippen LogP contribution is -2.00. The first kappa shape index (κ1) is 11.7. The van der Waals surface area contributed by atoms with Gasteiger partial charge in [0.25, 0.3) is 0 Å². The molecule has 0 aliphatic rings. The largest absolute Gasteiger partial charge is 0.507 e. The fourth-order valence-corrected chi connectivity index (χ4v) is 1.50. The van der Waals surface area contributed by atoms with E-state index in [1.807, 2.05) is 13.0 Å². The van der Waals surface area contributed by atoms with Crippen molar-refractivity contribution in [1.82, 2.24) is 0 Å². The van der Waals surface area contributed by atoms with E-state index < -0.39 is 0 Å². The van der Waals surface area contributed by atoms with Crippen molar-refractivity contribution in [2.45, 2.75) is 26.9 Å². The third-order valence-electron chi connectivity index (χ3n) is 2.34. The second-order valence-corrected chi connectivity index (χ2v) is 3.49. The molecule has 1 aromatic rings. The summed E-state index contributed by atoms with van der Waals surface area (Å²) < 4.78 is 4.97. The van der Waals surface area contributed by atoms with E-state index >= 15 is 0 Å². The summed E-state index contributed by atoms with van der Waals surface area (Å²) in [6.07, 6.45) is 0.831. The maximum atomic E-state index is 11.3. The lowest BCUT2D eigenvalue weighted by atomic mass is 10.0. The molecule has 0 aliphatic carbocycles. The van der Waals surface area contributed by atoms with E-state index in [9.17, 15) is 9.90 Å². The van der Waals surface area contributed by atoms with Gasteiger partial charge >= 0.3 is 0 Å². The van der Waals surface area contributed by atoms with Crippen LogP contribution in [-0.4, -0.2) is 18.0 Å². The minimum atomic E-state index is -0.125. The smallest absolute Gasteiger partial charge is 0.163 e. The molecule has 1 aromatic carbocycles. The number of Topliss-reactive ketones (excluding diaryl/α,β-unsaturated/α-hetero) is 1. The van der Waals surface area contributed by atoms with Crippen molar-refractivity contribution >= 4 is 5.78 Å². The number of phenols is 1. The van der Waals surface area contributed by atoms with Crippen LogP contribution in [0.4, 0.5) is 0 Å². The fourth-order valence-electron chi connectivity index (χ4n) is 1.50. The summed E-state index contributed by atoms with van der Waals surface area (Å²) in [4.78, 5) is 11.3. The molecule has 3 nitrogen and oxygen atoms in total. The topological polar surface area (TPSA) is 46.5 Å². The summed E-state index contributed by atoms with van der Waals surface area (Å²) in [7, 11) is 1.56. The highest BCUT2D eigenvalue weighted by molar-refractivity contribution is 5.97. The van der Waals surface area contributed by atoms with Gasteiger partial charge in [-0.15, -0.1) is 0 Å². The number of rotatable bonds is 4. The Hall–Kier alpha value is -1.35. The van der Waals surface area contributed by atoms with Gasteiger partial charge in [0.1, 0.15) is 5.75 Å². The van der Waals surface area contributed by atoms with Crippen LogP contribution < -0.4 is 0 Å². The molecule has 1 N–H and O–H groups in total. The normalized spacial score (nSPS) is 10.3. The van der Waals surface area contributed by atoms with Crippen molar-refractivity contribution in [1.29, 1.82) is 0 Å². The first-order valence-corrected chi connectivity index (χ1v) is 4.94. The van der Waals surface area contributed by atoms with Crippen molar-refractivity contribution in [3.05, 3.63) is 28.8 Å². The Bertz CT molecular complexity index is 369. The number of phenolic OH excluding ortho intramolecular Hbond substituents is 1. The van der Waals surface area contributed by atoms with Gasteiger partial charge in [0.2, 0.25) is 0 Å². The average Bonchev–Trinajstić information content (AvgIpc) is 2.21. The van der Waals surface area contributed by atoms with Crippen LogP contribution in [0.5, 0.6) is 5.75 Å². The lowest BCUT2D eigenvalue weighted by molar-refractivity contribution is 0.101. The molecular weight excluding hydrogens is 192 g/mol. The minimum Gasteiger partial charge on any atom is -0.507 e. The van der Waals surface area contributed by atoms with E-state index in [4.69, 9.17) is 4.74 Å². The monoisotopic (exact) mass is 208 g/mol. The molecule has 0 fully saturated rings. The van der Waals surface area contributed by atoms with Gasteiger partial charge in [0.15, 0.2) is 5.78 Å². The Balaban J connectivity index is 3.26. The molecule has 1 rings (SSSR count). The van der Waals surface area contributed by atoms with Crippen LogP contribution >= 0.6 is 0 Å². The van der Waals surface area contributed by atoms with Crippen LogP contribution in [0.1, 0.15) is 35.3 Å². The zero-order valence-corrected chi connectivity index (χ0v) is 9.33. The summed E-state index contributed by atoms with van der Waals surface area (Å²) in [5.74, 6) is -0.0818. The van der Waals surface area contributed by atoms with E-state index in [1.54, 1.807) is 13.2 Å². The number of methoxy groups -OCH3 is 1. The number of aryl methyl sites for hydroxylation is 1. The van der Waals surface area contributed by atoms with Gasteiger partial charge in [-0.2, -0.15) is 0 Å². The van der Waals surface area contributed by atoms with Crippen LogP contribution in [0.25, 0.3) is 0 Å². The Morgan fingerprint density at radius 3 is 2.60 bits per heavy atom. The Morgan fingerprint density at radius 1 is 1.47 bits per heavy atom. The minimum absolute atomic E-state index is 0.0431. The van der Waals surface area contributed by atoms with Crippen molar-refractivity contribution in [3.8, 4) is 5.75 Å². The van der Waals surface area contributed by atoms with E-state index in [-0.39, 0.29) is 11.5 Å². The van der Waals surface area contributed by atoms with Gasteiger partial charge < -0.3 is 9.84 Å². The molecular formula is C12H16O3. The second kappa shape index (κ2) is 4.94. The summed E-state index contributed by atoms with van der Waals surface area (Å²) >= 11 is 0. The lowest BCUT2D eigenvalue weighted by Gasteiger charge is -2.10. The predicted molar refractivity (Wildman–Crippen MR) is 58.2 cm³/mol. The van der Waals surface area contributed by atoms with Crippen molar-refractivity contribution in [2.75, 3.05) is 7.11 Å². The highest BCUT2D eigenvalue weighted by Crippen LogP contribution is 2.26. The molecule has 82 valence electrons. The number of hydrogen-bond donors (Lipinski definition) is 1. The standard InChI is InChI=1S/C12H16O3/c1-4-9-5-10(7-15-3)12(14)11(6-9)8(2)13/h5-6,14H,4,7H2,1-3H3. The first-order chi connectivity index (χ1) is 7.10. The van der Waals surface area contributed by atoms with Crippen molar-refractivity contribution in [2.24, 2.45) is 0 Å². The molecule has 0 unspecified atom stereocenters. The summed E-state index contributed by atoms with van der Waals surface area (Å²) in [5.41, 5.74) is 2.08. The van der Waals surface area contributed by atoms with Gasteiger partial charge in [-0.05, 0) is 31.0 Å². The Kier molecular flexibility index (Phi) is 3.86. The van der Waals surface area contributed by atoms with Gasteiger partial charge in [0.05, 0.1) is 12.2 Å². The van der Waals surface area contributed by atoms with Gasteiger partial charge in [-0.3, -0.25) is 4.79 Å². The van der Waals surface area contributed by atoms with Crippen LogP contribution in [0.3, 0.4) is 0 Å². The predicted octanol–water partition coefficient (Wildman–Crippen LogP) is 2.30. The number of ether oxygens (including phenoxy) is 1. The van der Waals surface area contributed by atoms with E-state index in [0.717, 1.165) is 12.0 Å². The molecule has 0 saturated heterocycles. The molecule has 0 amide bonds. The van der Waals surface area contributed by atoms with E-state index in [1.165, 1.54) is 6.92 Å². The number of hydrogen-bond acceptors (Lipinski definition) is 3. The molecule has 0 bridgehead atoms. The highest BCUT2D eigenvalue weighted by atomic mass is 16.5. The number of ketones is 1. The molecule has 0 spiro atoms. The number of benzene rings is 1. The molecule has 0 heterocycles. The third kappa shape index (κ3) is 2.57. The summed E-state index contributed by atoms with van der Waals surface area (Å²) in [5, 5.41) is 9.81. The summed E-state index contributed by atoms with van der Waals surface area (Å²) in [6, 6.07) is 3.60. The number of carbonyl (C=O) groups excluding carboxylic acids is 1. The van der Waals surface area contributed by atoms with Crippen LogP contribution in [0, 0.1) is 0 Å². The maximum absolute atomic E-state index is 11.3. The first-order valence-electron chi connectivity index (χ1n) is 4.94. The zero-order chi connectivity index (χ0) is 11.4. The Labute approximate surface area is 89.7 Å². The molecule has 15 heavy (non-hydrogen) atoms. The van der Waals surface area contributed by atoms with E-state index in [0.29, 0.717) is 17.7 Å². The zero-order valence-electron chi connectivity index (χ0n) is 9.33. The second-order valence-electron chi connectivity index (χ2n) is 3.49. The maximum Gasteiger partial charge on any atom is 0.163 e. The molecule has 0 atom stereocenters. The molecule has 0 aromatic heterocycles. The Morgan fingerprint density at radius 2 is 2.13 bits per heavy atom. The van der Waals surface area contributed by atoms with Gasteiger partial charge in [-0.25, -0.2) is 0 Å². The molecule has 0 saturated carbocycles. The van der Waals surface area contributed by atoms with Gasteiger partial charge in [0, 0.05) is 12.7 Å². The number of carbonyl (C=O) groups is 1. The van der Waals surface area contributed by atoms with Crippen LogP contribution in [-0.2, 0) is 17.8 Å². The fraction of sp³-hybridized carbons (Fsp3) is 0.417. The van der Waals surface area contributed by atoms with Gasteiger partial charge in [-0.1, -0.05) is 6.92 Å². The van der Waals surface area contributed by atoms with Crippen LogP contribution in [0.2, 0.25) is 0 Å². The molecule has 0 radical (unpaired) electrons. The van der Waals surface area contributed by atoms with Crippen molar-refractivity contribution in [3.63, 3.8) is 0 Å². The SMILES string of the molecule is CCc1cc(COC)c(O)c(C(C)=O)c1. The van der Waals surface area contributed by atoms with E-state index in [2.05, 4.69) is 0 Å². The van der Waals surface area contributed by atoms with Crippen molar-refractivity contribution < 1.29 is 14.6 Å². The molecule has 3 heteroatoms. The highest BCUT2D eigenvalue weighted by Gasteiger charge is 2.12. The quantitative estimate of drug-likeness (QED) is 0.772. The molecule has 0 aliphatic heterocycles. The third-order valence-corrected chi connectivity index (χ3v) is 2.34. The van der Waals surface area contributed by atoms with Crippen LogP contribution in [0.15, 0.2) is 12.1 Å².